The van der Waals surface area contributed by atoms with Crippen molar-refractivity contribution < 1.29 is 89.8 Å². The van der Waals surface area contributed by atoms with Gasteiger partial charge in [-0.25, -0.2) is 37.5 Å². The Morgan fingerprint density at radius 3 is 1.19 bits per heavy atom. The van der Waals surface area contributed by atoms with Gasteiger partial charge in [0.05, 0.1) is 0 Å². The Hall–Kier alpha value is -7.53. The summed E-state index contributed by atoms with van der Waals surface area (Å²) in [4.78, 5) is 133. The normalized spacial score (nSPS) is 16.6. The summed E-state index contributed by atoms with van der Waals surface area (Å²) in [6.45, 7) is 21.8. The Balaban J connectivity index is 1.44. The number of halogens is 2. The third kappa shape index (κ3) is 25.7. The first-order chi connectivity index (χ1) is 45.3. The van der Waals surface area contributed by atoms with E-state index in [9.17, 15) is 33.6 Å². The van der Waals surface area contributed by atoms with E-state index in [1.807, 2.05) is 44.2 Å². The highest BCUT2D eigenvalue weighted by Gasteiger charge is 2.44. The molecule has 0 aliphatic carbocycles. The molecule has 0 bridgehead atoms. The summed E-state index contributed by atoms with van der Waals surface area (Å²) in [5, 5.41) is 0. The third-order valence-electron chi connectivity index (χ3n) is 17.2. The van der Waals surface area contributed by atoms with E-state index < -0.39 is 132 Å². The van der Waals surface area contributed by atoms with Gasteiger partial charge < -0.3 is 52.6 Å². The first-order valence-electron chi connectivity index (χ1n) is 33.8. The van der Waals surface area contributed by atoms with Crippen molar-refractivity contribution in [1.82, 2.24) is 19.6 Å². The molecule has 5 rings (SSSR count). The van der Waals surface area contributed by atoms with Crippen molar-refractivity contribution in [2.24, 2.45) is 11.8 Å². The molecule has 538 valence electrons. The number of carbonyl (C=O) groups excluding carboxylic acids is 9. The van der Waals surface area contributed by atoms with Gasteiger partial charge in [0.2, 0.25) is 0 Å². The van der Waals surface area contributed by atoms with Crippen LogP contribution in [0.1, 0.15) is 181 Å². The second-order valence-electron chi connectivity index (χ2n) is 28.9. The number of benzene rings is 3. The smallest absolute Gasteiger partial charge is 0.410 e. The predicted molar refractivity (Wildman–Crippen MR) is 359 cm³/mol. The van der Waals surface area contributed by atoms with Crippen LogP contribution in [0.5, 0.6) is 0 Å². The lowest BCUT2D eigenvalue weighted by molar-refractivity contribution is -0.176. The van der Waals surface area contributed by atoms with Gasteiger partial charge in [-0.3, -0.25) is 19.3 Å². The molecular formula is C74H106F2N4O17. The molecule has 4 amide bonds. The van der Waals surface area contributed by atoms with Crippen molar-refractivity contribution in [2.45, 2.75) is 238 Å². The zero-order valence-electron chi connectivity index (χ0n) is 60.0. The molecule has 0 aromatic heterocycles. The molecule has 2 aliphatic heterocycles. The Morgan fingerprint density at radius 1 is 0.454 bits per heavy atom. The van der Waals surface area contributed by atoms with E-state index in [0.29, 0.717) is 43.1 Å². The van der Waals surface area contributed by atoms with E-state index in [4.69, 9.17) is 37.9 Å². The van der Waals surface area contributed by atoms with Crippen molar-refractivity contribution in [3.8, 4) is 0 Å². The Bertz CT molecular complexity index is 3080. The number of amides is 4. The highest BCUT2D eigenvalue weighted by molar-refractivity contribution is 5.93. The van der Waals surface area contributed by atoms with Crippen LogP contribution in [0.15, 0.2) is 78.9 Å². The fourth-order valence-corrected chi connectivity index (χ4v) is 11.6. The van der Waals surface area contributed by atoms with Gasteiger partial charge in [-0.05, 0) is 152 Å². The third-order valence-corrected chi connectivity index (χ3v) is 17.2. The standard InChI is InChI=1S/C74H106F2N4O17/c1-46(2)39-57(77(14)65(83)62(42-51-25-29-54(30-26-51)56-33-37-91-38-34-56)96-70(88)60(44-74(12,13)76)80(17)71(89)97-72(7,8)9)67(85)93-48(5)63(81)79(16)59(43-73(10,11)75)69(87)95-61(41-50-23-27-53(28-24-50)55-31-35-90-36-32-55)64(82)78(15)58(40-47(3)4)68(86)94-49(6)66(84)92-45-52-21-19-18-20-22-52/h18-30,46-49,55-62H,31-45H2,1-17H3/t48-,49-,57+,58+,59+,60+,61?,62-/m1/s1. The van der Waals surface area contributed by atoms with Crippen LogP contribution in [0.2, 0.25) is 0 Å². The van der Waals surface area contributed by atoms with E-state index >= 15 is 18.4 Å². The van der Waals surface area contributed by atoms with Crippen LogP contribution in [-0.2, 0) is 95.7 Å². The molecule has 0 N–H and O–H groups in total. The summed E-state index contributed by atoms with van der Waals surface area (Å²) in [6.07, 6.45) is -5.82. The van der Waals surface area contributed by atoms with Crippen molar-refractivity contribution in [2.75, 3.05) is 54.6 Å². The maximum absolute atomic E-state index is 16.1. The van der Waals surface area contributed by atoms with Crippen LogP contribution in [0.4, 0.5) is 13.6 Å². The van der Waals surface area contributed by atoms with Crippen LogP contribution in [0.3, 0.4) is 0 Å². The minimum atomic E-state index is -2.16. The molecule has 2 fully saturated rings. The molecule has 97 heavy (non-hydrogen) atoms. The van der Waals surface area contributed by atoms with Gasteiger partial charge in [-0.15, -0.1) is 0 Å². The topological polar surface area (TPSA) is 240 Å². The summed E-state index contributed by atoms with van der Waals surface area (Å²) >= 11 is 0. The van der Waals surface area contributed by atoms with E-state index in [1.54, 1.807) is 83.1 Å². The van der Waals surface area contributed by atoms with Gasteiger partial charge >= 0.3 is 35.9 Å². The number of rotatable bonds is 32. The maximum atomic E-state index is 16.1. The molecule has 2 aliphatic rings. The van der Waals surface area contributed by atoms with Crippen LogP contribution >= 0.6 is 0 Å². The van der Waals surface area contributed by atoms with Gasteiger partial charge in [-0.1, -0.05) is 107 Å². The molecule has 0 saturated carbocycles. The molecule has 0 radical (unpaired) electrons. The average molecular weight is 1360 g/mol. The number of hydrogen-bond donors (Lipinski definition) is 0. The summed E-state index contributed by atoms with van der Waals surface area (Å²) < 4.78 is 77.5. The summed E-state index contributed by atoms with van der Waals surface area (Å²) in [6, 6.07) is 17.7. The number of ether oxygens (including phenoxy) is 8. The number of nitrogens with zero attached hydrogens (tertiary/aromatic N) is 4. The zero-order valence-corrected chi connectivity index (χ0v) is 60.0. The van der Waals surface area contributed by atoms with Crippen molar-refractivity contribution in [3.63, 3.8) is 0 Å². The van der Waals surface area contributed by atoms with Gasteiger partial charge in [0.15, 0.2) is 24.4 Å². The van der Waals surface area contributed by atoms with E-state index in [-0.39, 0.29) is 56.0 Å². The predicted octanol–water partition coefficient (Wildman–Crippen LogP) is 10.8. The van der Waals surface area contributed by atoms with Crippen molar-refractivity contribution >= 4 is 53.7 Å². The number of carbonyl (C=O) groups is 9. The lowest BCUT2D eigenvalue weighted by Crippen LogP contribution is -2.54. The molecule has 2 saturated heterocycles. The Kier molecular flexibility index (Phi) is 30.0. The van der Waals surface area contributed by atoms with Crippen LogP contribution in [-0.4, -0.2) is 193 Å². The monoisotopic (exact) mass is 1360 g/mol. The first kappa shape index (κ1) is 80.2. The first-order valence-corrected chi connectivity index (χ1v) is 33.8. The molecule has 1 unspecified atom stereocenters. The maximum Gasteiger partial charge on any atom is 0.410 e. The second-order valence-corrected chi connectivity index (χ2v) is 28.9. The van der Waals surface area contributed by atoms with Crippen LogP contribution in [0.25, 0.3) is 0 Å². The number of likely N-dealkylation sites (N-methyl/N-ethyl adjacent to an activating group) is 4. The molecule has 3 aromatic rings. The summed E-state index contributed by atoms with van der Waals surface area (Å²) in [5.74, 6) is -7.93. The molecule has 3 aromatic carbocycles. The molecule has 21 nitrogen and oxygen atoms in total. The lowest BCUT2D eigenvalue weighted by atomic mass is 9.90. The second kappa shape index (κ2) is 36.3. The average Bonchev–Trinajstić information content (AvgIpc) is 0.848. The fraction of sp³-hybridized carbons (Fsp3) is 0.635. The number of hydrogen-bond acceptors (Lipinski definition) is 17. The van der Waals surface area contributed by atoms with Gasteiger partial charge in [-0.2, -0.15) is 0 Å². The highest BCUT2D eigenvalue weighted by atomic mass is 19.1. The number of alkyl halides is 2. The number of esters is 5. The summed E-state index contributed by atoms with van der Waals surface area (Å²) in [7, 11) is 5.10. The molecular weight excluding hydrogens is 1250 g/mol. The van der Waals surface area contributed by atoms with E-state index in [1.165, 1.54) is 69.7 Å². The quantitative estimate of drug-likeness (QED) is 0.0417. The van der Waals surface area contributed by atoms with Crippen LogP contribution < -0.4 is 0 Å². The highest BCUT2D eigenvalue weighted by Crippen LogP contribution is 2.31. The van der Waals surface area contributed by atoms with Gasteiger partial charge in [0, 0.05) is 80.3 Å². The van der Waals surface area contributed by atoms with Gasteiger partial charge in [0.25, 0.3) is 17.7 Å². The summed E-state index contributed by atoms with van der Waals surface area (Å²) in [5.41, 5.74) is -1.27. The van der Waals surface area contributed by atoms with E-state index in [0.717, 1.165) is 56.4 Å². The minimum Gasteiger partial charge on any atom is -0.458 e. The molecule has 0 spiro atoms. The van der Waals surface area contributed by atoms with Crippen molar-refractivity contribution in [3.05, 3.63) is 107 Å². The zero-order chi connectivity index (χ0) is 72.3. The van der Waals surface area contributed by atoms with Gasteiger partial charge in [0.1, 0.15) is 47.7 Å². The Labute approximate surface area is 572 Å². The largest absolute Gasteiger partial charge is 0.458 e. The minimum absolute atomic E-state index is 0.0402. The molecule has 8 atom stereocenters. The van der Waals surface area contributed by atoms with Crippen LogP contribution in [0, 0.1) is 11.8 Å². The van der Waals surface area contributed by atoms with Crippen molar-refractivity contribution in [1.29, 1.82) is 0 Å². The lowest BCUT2D eigenvalue weighted by Gasteiger charge is -2.35. The Morgan fingerprint density at radius 2 is 0.814 bits per heavy atom. The SMILES string of the molecule is CC(C)C[C@@H](C(=O)O[C@H](C)C(=O)OCc1ccccc1)N(C)C(=O)C(Cc1ccc(C2CCOCC2)cc1)OC(=O)[C@H](CC(C)(C)F)N(C)C(=O)[C@@H](C)OC(=O)[C@H](CC(C)C)N(C)C(=O)[C@@H](Cc1ccc(C2CCOCC2)cc1)OC(=O)[C@H](CC(C)(C)F)N(C)C(=O)OC(C)(C)C. The molecule has 23 heteroatoms. The fourth-order valence-electron chi connectivity index (χ4n) is 11.6. The molecule has 2 heterocycles. The van der Waals surface area contributed by atoms with E-state index in [2.05, 4.69) is 0 Å².